The molecule has 0 saturated carbocycles. The van der Waals surface area contributed by atoms with E-state index in [1.807, 2.05) is 42.1 Å². The number of alkyl halides is 2. The van der Waals surface area contributed by atoms with Crippen LogP contribution in [0, 0.1) is 6.92 Å². The highest BCUT2D eigenvalue weighted by Crippen LogP contribution is 2.26. The molecule has 1 aliphatic heterocycles. The molecule has 4 rings (SSSR count). The minimum absolute atomic E-state index is 0.189. The van der Waals surface area contributed by atoms with Gasteiger partial charge in [0.15, 0.2) is 5.84 Å². The molecule has 0 aromatic carbocycles. The number of fused-ring (bicyclic) bond motifs is 1. The summed E-state index contributed by atoms with van der Waals surface area (Å²) >= 11 is 0. The van der Waals surface area contributed by atoms with Crippen LogP contribution in [0.5, 0.6) is 0 Å². The lowest BCUT2D eigenvalue weighted by Crippen LogP contribution is -2.38. The maximum absolute atomic E-state index is 12.4. The highest BCUT2D eigenvalue weighted by molar-refractivity contribution is 5.95. The summed E-state index contributed by atoms with van der Waals surface area (Å²) in [5.74, 6) is -2.19. The molecule has 164 valence electrons. The summed E-state index contributed by atoms with van der Waals surface area (Å²) in [7, 11) is 1.70. The first-order valence-electron chi connectivity index (χ1n) is 9.80. The van der Waals surface area contributed by atoms with Crippen molar-refractivity contribution in [1.82, 2.24) is 24.9 Å². The lowest BCUT2D eigenvalue weighted by Gasteiger charge is -2.28. The van der Waals surface area contributed by atoms with Gasteiger partial charge in [-0.15, -0.1) is 0 Å². The molecule has 31 heavy (non-hydrogen) atoms. The molecule has 0 unspecified atom stereocenters. The molecular weight excluding hydrogens is 404 g/mol. The average molecular weight is 429 g/mol. The SMILES string of the molecule is CN/N=C(\N)c1ccc(-n2ccc3cc(C)cnc32)cn1.O=CN1CCC(F)(F)CC1. The topological polar surface area (TPSA) is 101 Å². The van der Waals surface area contributed by atoms with Gasteiger partial charge in [0.05, 0.1) is 11.9 Å². The first kappa shape index (κ1) is 22.1. The molecule has 0 bridgehead atoms. The molecule has 1 aliphatic rings. The van der Waals surface area contributed by atoms with Crippen LogP contribution in [0.25, 0.3) is 16.7 Å². The molecule has 0 atom stereocenters. The third-order valence-corrected chi connectivity index (χ3v) is 4.86. The van der Waals surface area contributed by atoms with E-state index < -0.39 is 5.92 Å². The standard InChI is InChI=1S/C15H16N6.C6H9F2NO/c1-10-7-11-5-6-21(15(11)19-8-10)12-3-4-13(18-9-12)14(16)20-17-2;7-6(8)1-3-9(5-10)4-2-6/h3-9,17H,1-2H3,(H2,16,20);5H,1-4H2. The summed E-state index contributed by atoms with van der Waals surface area (Å²) in [6, 6.07) is 7.94. The molecule has 0 radical (unpaired) electrons. The van der Waals surface area contributed by atoms with Crippen molar-refractivity contribution in [3.8, 4) is 5.69 Å². The van der Waals surface area contributed by atoms with Crippen molar-refractivity contribution in [3.63, 3.8) is 0 Å². The van der Waals surface area contributed by atoms with E-state index in [2.05, 4.69) is 26.6 Å². The number of amides is 1. The first-order chi connectivity index (χ1) is 14.8. The van der Waals surface area contributed by atoms with E-state index in [4.69, 9.17) is 5.73 Å². The molecule has 1 saturated heterocycles. The minimum atomic E-state index is -2.54. The first-order valence-corrected chi connectivity index (χ1v) is 9.80. The number of nitrogens with zero attached hydrogens (tertiary/aromatic N) is 5. The van der Waals surface area contributed by atoms with Crippen LogP contribution < -0.4 is 11.2 Å². The maximum atomic E-state index is 12.4. The zero-order chi connectivity index (χ0) is 22.4. The molecule has 8 nitrogen and oxygen atoms in total. The van der Waals surface area contributed by atoms with Crippen molar-refractivity contribution in [1.29, 1.82) is 0 Å². The Balaban J connectivity index is 0.000000229. The number of hydrazone groups is 1. The molecule has 4 heterocycles. The summed E-state index contributed by atoms with van der Waals surface area (Å²) < 4.78 is 26.7. The van der Waals surface area contributed by atoms with Gasteiger partial charge >= 0.3 is 0 Å². The van der Waals surface area contributed by atoms with Crippen LogP contribution in [-0.4, -0.2) is 57.7 Å². The Morgan fingerprint density at radius 1 is 1.23 bits per heavy atom. The van der Waals surface area contributed by atoms with Crippen LogP contribution in [-0.2, 0) is 4.79 Å². The van der Waals surface area contributed by atoms with Crippen LogP contribution in [0.4, 0.5) is 8.78 Å². The summed E-state index contributed by atoms with van der Waals surface area (Å²) in [5, 5.41) is 5.02. The van der Waals surface area contributed by atoms with Gasteiger partial charge in [0.1, 0.15) is 11.3 Å². The molecule has 3 aromatic heterocycles. The second-order valence-corrected chi connectivity index (χ2v) is 7.23. The van der Waals surface area contributed by atoms with E-state index in [9.17, 15) is 13.6 Å². The predicted octanol–water partition coefficient (Wildman–Crippen LogP) is 2.44. The number of amidine groups is 1. The number of aryl methyl sites for hydroxylation is 1. The van der Waals surface area contributed by atoms with Crippen LogP contribution >= 0.6 is 0 Å². The molecule has 3 aromatic rings. The Kier molecular flexibility index (Phi) is 6.78. The van der Waals surface area contributed by atoms with Crippen LogP contribution in [0.3, 0.4) is 0 Å². The van der Waals surface area contributed by atoms with E-state index in [1.165, 1.54) is 4.90 Å². The van der Waals surface area contributed by atoms with E-state index in [1.54, 1.807) is 13.2 Å². The van der Waals surface area contributed by atoms with E-state index in [0.717, 1.165) is 22.3 Å². The number of nitrogens with two attached hydrogens (primary N) is 1. The van der Waals surface area contributed by atoms with Gasteiger partial charge in [0.2, 0.25) is 6.41 Å². The largest absolute Gasteiger partial charge is 0.380 e. The van der Waals surface area contributed by atoms with Gasteiger partial charge < -0.3 is 16.1 Å². The van der Waals surface area contributed by atoms with Crippen molar-refractivity contribution >= 4 is 23.3 Å². The number of aromatic nitrogens is 3. The smallest absolute Gasteiger partial charge is 0.251 e. The zero-order valence-electron chi connectivity index (χ0n) is 17.4. The third-order valence-electron chi connectivity index (χ3n) is 4.86. The highest BCUT2D eigenvalue weighted by Gasteiger charge is 2.33. The summed E-state index contributed by atoms with van der Waals surface area (Å²) in [6.07, 6.45) is 5.85. The number of piperidine rings is 1. The predicted molar refractivity (Wildman–Crippen MR) is 115 cm³/mol. The Morgan fingerprint density at radius 3 is 2.58 bits per heavy atom. The highest BCUT2D eigenvalue weighted by atomic mass is 19.3. The molecule has 10 heteroatoms. The van der Waals surface area contributed by atoms with Crippen molar-refractivity contribution in [2.24, 2.45) is 10.8 Å². The summed E-state index contributed by atoms with van der Waals surface area (Å²) in [4.78, 5) is 20.2. The average Bonchev–Trinajstić information content (AvgIpc) is 3.17. The number of halogens is 2. The Labute approximate surface area is 178 Å². The molecule has 3 N–H and O–H groups in total. The molecule has 1 fully saturated rings. The fourth-order valence-electron chi connectivity index (χ4n) is 3.16. The van der Waals surface area contributed by atoms with Crippen molar-refractivity contribution in [2.45, 2.75) is 25.7 Å². The zero-order valence-corrected chi connectivity index (χ0v) is 17.4. The fourth-order valence-corrected chi connectivity index (χ4v) is 3.16. The van der Waals surface area contributed by atoms with Crippen LogP contribution in [0.1, 0.15) is 24.1 Å². The van der Waals surface area contributed by atoms with E-state index in [0.29, 0.717) is 17.9 Å². The van der Waals surface area contributed by atoms with Gasteiger partial charge in [-0.05, 0) is 36.8 Å². The fraction of sp³-hybridized carbons (Fsp3) is 0.333. The number of hydrogen-bond donors (Lipinski definition) is 2. The number of carbonyl (C=O) groups excluding carboxylic acids is 1. The number of carbonyl (C=O) groups is 1. The monoisotopic (exact) mass is 429 g/mol. The number of hydrogen-bond acceptors (Lipinski definition) is 5. The molecule has 0 spiro atoms. The number of likely N-dealkylation sites (tertiary alicyclic amines) is 1. The third kappa shape index (κ3) is 5.53. The van der Waals surface area contributed by atoms with Gasteiger partial charge in [-0.1, -0.05) is 0 Å². The lowest BCUT2D eigenvalue weighted by molar-refractivity contribution is -0.124. The van der Waals surface area contributed by atoms with Gasteiger partial charge in [-0.2, -0.15) is 5.10 Å². The van der Waals surface area contributed by atoms with Crippen LogP contribution in [0.15, 0.2) is 48.0 Å². The maximum Gasteiger partial charge on any atom is 0.251 e. The van der Waals surface area contributed by atoms with Gasteiger partial charge in [-0.3, -0.25) is 14.3 Å². The van der Waals surface area contributed by atoms with Gasteiger partial charge in [0.25, 0.3) is 5.92 Å². The number of nitrogens with one attached hydrogen (secondary N) is 1. The van der Waals surface area contributed by atoms with Crippen molar-refractivity contribution in [2.75, 3.05) is 20.1 Å². The number of pyridine rings is 2. The molecule has 1 amide bonds. The Morgan fingerprint density at radius 2 is 1.97 bits per heavy atom. The lowest BCUT2D eigenvalue weighted by atomic mass is 10.1. The molecular formula is C21H25F2N7O. The quantitative estimate of drug-likeness (QED) is 0.287. The van der Waals surface area contributed by atoms with E-state index in [-0.39, 0.29) is 25.9 Å². The van der Waals surface area contributed by atoms with Gasteiger partial charge in [0, 0.05) is 50.8 Å². The second-order valence-electron chi connectivity index (χ2n) is 7.23. The van der Waals surface area contributed by atoms with Crippen molar-refractivity contribution in [3.05, 3.63) is 54.1 Å². The van der Waals surface area contributed by atoms with Gasteiger partial charge in [-0.25, -0.2) is 13.8 Å². The summed E-state index contributed by atoms with van der Waals surface area (Å²) in [5.41, 5.74) is 12.1. The summed E-state index contributed by atoms with van der Waals surface area (Å²) in [6.45, 7) is 2.41. The van der Waals surface area contributed by atoms with Crippen molar-refractivity contribution < 1.29 is 13.6 Å². The van der Waals surface area contributed by atoms with Crippen LogP contribution in [0.2, 0.25) is 0 Å². The normalized spacial score (nSPS) is 15.9. The second kappa shape index (κ2) is 9.50. The van der Waals surface area contributed by atoms with E-state index >= 15 is 0 Å². The number of rotatable bonds is 4. The Bertz CT molecular complexity index is 1050. The molecule has 0 aliphatic carbocycles. The minimum Gasteiger partial charge on any atom is -0.380 e. The Hall–Kier alpha value is -3.56.